The lowest BCUT2D eigenvalue weighted by Crippen LogP contribution is -2.33. The van der Waals surface area contributed by atoms with Gasteiger partial charge in [-0.15, -0.1) is 0 Å². The first-order valence-electron chi connectivity index (χ1n) is 12.9. The van der Waals surface area contributed by atoms with Crippen LogP contribution in [0.2, 0.25) is 0 Å². The molecule has 0 aromatic heterocycles. The minimum Gasteiger partial charge on any atom is -0.456 e. The Hall–Kier alpha value is -5.24. The summed E-state index contributed by atoms with van der Waals surface area (Å²) >= 11 is 0. The molecule has 1 unspecified atom stereocenters. The zero-order valence-electron chi connectivity index (χ0n) is 21.3. The maximum atomic E-state index is 13.3. The number of anilines is 4. The fraction of sp³-hybridized carbons (Fsp3) is 0.0606. The van der Waals surface area contributed by atoms with Gasteiger partial charge in [0.05, 0.1) is 11.1 Å². The number of fused-ring (bicyclic) bond motifs is 6. The van der Waals surface area contributed by atoms with Crippen molar-refractivity contribution in [1.29, 1.82) is 0 Å². The lowest BCUT2D eigenvalue weighted by atomic mass is 9.77. The first-order valence-corrected chi connectivity index (χ1v) is 12.9. The number of rotatable bonds is 4. The molecule has 0 radical (unpaired) electrons. The molecule has 2 aliphatic rings. The summed E-state index contributed by atoms with van der Waals surface area (Å²) in [5.41, 5.74) is 2.70. The van der Waals surface area contributed by atoms with Crippen molar-refractivity contribution in [2.24, 2.45) is 0 Å². The topological polar surface area (TPSA) is 59.6 Å². The maximum Gasteiger partial charge on any atom is 0.416 e. The normalized spacial score (nSPS) is 16.7. The largest absolute Gasteiger partial charge is 0.456 e. The first-order chi connectivity index (χ1) is 19.8. The highest BCUT2D eigenvalue weighted by Gasteiger charge is 2.53. The average Bonchev–Trinajstić information content (AvgIpc) is 3.26. The third kappa shape index (κ3) is 4.15. The standard InChI is InChI=1S/C33H21F3N2O3/c34-33(35,36)20-7-6-10-22(17-20)38-23-14-16-29-28(18-23)32(26-12-5-4-11-25(26)31(39)41-32)27-15-13-24(19-30(27)40-29)37-21-8-2-1-3-9-21/h1-19,37-38H. The number of ether oxygens (including phenoxy) is 2. The Balaban J connectivity index is 1.35. The van der Waals surface area contributed by atoms with E-state index in [9.17, 15) is 18.0 Å². The van der Waals surface area contributed by atoms with E-state index in [1.165, 1.54) is 6.07 Å². The average molecular weight is 551 g/mol. The smallest absolute Gasteiger partial charge is 0.416 e. The lowest BCUT2D eigenvalue weighted by molar-refractivity contribution is -0.137. The van der Waals surface area contributed by atoms with Crippen molar-refractivity contribution in [3.63, 3.8) is 0 Å². The van der Waals surface area contributed by atoms with Crippen LogP contribution in [0.5, 0.6) is 11.5 Å². The monoisotopic (exact) mass is 550 g/mol. The summed E-state index contributed by atoms with van der Waals surface area (Å²) in [7, 11) is 0. The van der Waals surface area contributed by atoms with Gasteiger partial charge in [-0.1, -0.05) is 42.5 Å². The number of para-hydroxylation sites is 1. The van der Waals surface area contributed by atoms with Crippen molar-refractivity contribution in [3.8, 4) is 11.5 Å². The Morgan fingerprint density at radius 3 is 2.10 bits per heavy atom. The summed E-state index contributed by atoms with van der Waals surface area (Å²) in [5.74, 6) is 0.511. The third-order valence-corrected chi connectivity index (χ3v) is 7.25. The molecule has 0 saturated heterocycles. The van der Waals surface area contributed by atoms with Crippen LogP contribution >= 0.6 is 0 Å². The fourth-order valence-corrected chi connectivity index (χ4v) is 5.46. The zero-order chi connectivity index (χ0) is 28.2. The number of hydrogen-bond donors (Lipinski definition) is 2. The minimum absolute atomic E-state index is 0.270. The second-order valence-electron chi connectivity index (χ2n) is 9.83. The van der Waals surface area contributed by atoms with E-state index in [0.717, 1.165) is 23.5 Å². The molecule has 0 bridgehead atoms. The number of carbonyl (C=O) groups excluding carboxylic acids is 1. The molecule has 0 fully saturated rings. The molecule has 0 aliphatic carbocycles. The van der Waals surface area contributed by atoms with Crippen LogP contribution in [0.1, 0.15) is 32.6 Å². The van der Waals surface area contributed by atoms with Gasteiger partial charge in [-0.05, 0) is 66.7 Å². The summed E-state index contributed by atoms with van der Waals surface area (Å²) < 4.78 is 52.5. The van der Waals surface area contributed by atoms with Gasteiger partial charge in [-0.2, -0.15) is 13.2 Å². The van der Waals surface area contributed by atoms with Crippen LogP contribution in [0.15, 0.2) is 115 Å². The third-order valence-electron chi connectivity index (χ3n) is 7.25. The first kappa shape index (κ1) is 24.8. The highest BCUT2D eigenvalue weighted by Crippen LogP contribution is 2.57. The zero-order valence-corrected chi connectivity index (χ0v) is 21.3. The SMILES string of the molecule is O=C1OC2(c3ccc(Nc4ccccc4)cc3Oc3ccc(Nc4cccc(C(F)(F)F)c4)cc32)c2ccccc21. The molecule has 5 nitrogen and oxygen atoms in total. The van der Waals surface area contributed by atoms with E-state index >= 15 is 0 Å². The molecule has 7 rings (SSSR count). The molecule has 41 heavy (non-hydrogen) atoms. The molecule has 0 amide bonds. The number of hydrogen-bond acceptors (Lipinski definition) is 5. The van der Waals surface area contributed by atoms with Crippen LogP contribution in [-0.4, -0.2) is 5.97 Å². The number of halogens is 3. The molecule has 1 atom stereocenters. The number of esters is 1. The summed E-state index contributed by atoms with van der Waals surface area (Å²) in [5, 5.41) is 6.42. The molecule has 1 spiro atoms. The van der Waals surface area contributed by atoms with Crippen LogP contribution in [0.4, 0.5) is 35.9 Å². The second-order valence-corrected chi connectivity index (χ2v) is 9.83. The van der Waals surface area contributed by atoms with Crippen LogP contribution in [-0.2, 0) is 16.5 Å². The molecule has 202 valence electrons. The van der Waals surface area contributed by atoms with E-state index in [4.69, 9.17) is 9.47 Å². The fourth-order valence-electron chi connectivity index (χ4n) is 5.46. The van der Waals surface area contributed by atoms with Crippen molar-refractivity contribution in [2.75, 3.05) is 10.6 Å². The molecule has 8 heteroatoms. The van der Waals surface area contributed by atoms with Crippen LogP contribution < -0.4 is 15.4 Å². The van der Waals surface area contributed by atoms with Gasteiger partial charge < -0.3 is 20.1 Å². The van der Waals surface area contributed by atoms with Gasteiger partial charge in [0, 0.05) is 45.5 Å². The molecular formula is C33H21F3N2O3. The van der Waals surface area contributed by atoms with Crippen molar-refractivity contribution in [1.82, 2.24) is 0 Å². The minimum atomic E-state index is -4.47. The van der Waals surface area contributed by atoms with Gasteiger partial charge in [0.2, 0.25) is 0 Å². The Labute approximate surface area is 233 Å². The quantitative estimate of drug-likeness (QED) is 0.219. The van der Waals surface area contributed by atoms with E-state index in [2.05, 4.69) is 10.6 Å². The van der Waals surface area contributed by atoms with E-state index in [1.54, 1.807) is 36.4 Å². The molecule has 2 aliphatic heterocycles. The van der Waals surface area contributed by atoms with E-state index in [1.807, 2.05) is 60.7 Å². The maximum absolute atomic E-state index is 13.3. The van der Waals surface area contributed by atoms with Gasteiger partial charge in [0.25, 0.3) is 0 Å². The van der Waals surface area contributed by atoms with E-state index < -0.39 is 23.3 Å². The molecular weight excluding hydrogens is 529 g/mol. The Morgan fingerprint density at radius 1 is 0.585 bits per heavy atom. The summed E-state index contributed by atoms with van der Waals surface area (Å²) in [4.78, 5) is 13.2. The number of alkyl halides is 3. The summed E-state index contributed by atoms with van der Waals surface area (Å²) in [6, 6.07) is 32.7. The molecule has 0 saturated carbocycles. The van der Waals surface area contributed by atoms with E-state index in [-0.39, 0.29) is 5.69 Å². The molecule has 2 N–H and O–H groups in total. The molecule has 5 aromatic carbocycles. The highest BCUT2D eigenvalue weighted by atomic mass is 19.4. The predicted molar refractivity (Wildman–Crippen MR) is 149 cm³/mol. The number of carbonyl (C=O) groups is 1. The predicted octanol–water partition coefficient (Wildman–Crippen LogP) is 8.76. The molecule has 2 heterocycles. The second kappa shape index (κ2) is 9.16. The summed E-state index contributed by atoms with van der Waals surface area (Å²) in [6.07, 6.45) is -4.47. The van der Waals surface area contributed by atoms with Crippen molar-refractivity contribution in [3.05, 3.63) is 143 Å². The van der Waals surface area contributed by atoms with Crippen molar-refractivity contribution >= 4 is 28.7 Å². The van der Waals surface area contributed by atoms with Crippen LogP contribution in [0.3, 0.4) is 0 Å². The van der Waals surface area contributed by atoms with Crippen molar-refractivity contribution in [2.45, 2.75) is 11.8 Å². The van der Waals surface area contributed by atoms with Crippen LogP contribution in [0, 0.1) is 0 Å². The van der Waals surface area contributed by atoms with Gasteiger partial charge in [0.15, 0.2) is 5.60 Å². The Bertz CT molecular complexity index is 1820. The highest BCUT2D eigenvalue weighted by molar-refractivity contribution is 5.97. The van der Waals surface area contributed by atoms with E-state index in [0.29, 0.717) is 39.4 Å². The van der Waals surface area contributed by atoms with Crippen LogP contribution in [0.25, 0.3) is 0 Å². The number of benzene rings is 5. The van der Waals surface area contributed by atoms with Gasteiger partial charge >= 0.3 is 12.1 Å². The van der Waals surface area contributed by atoms with Gasteiger partial charge in [0.1, 0.15) is 11.5 Å². The van der Waals surface area contributed by atoms with Gasteiger partial charge in [-0.25, -0.2) is 4.79 Å². The van der Waals surface area contributed by atoms with Gasteiger partial charge in [-0.3, -0.25) is 0 Å². The van der Waals surface area contributed by atoms with Crippen molar-refractivity contribution < 1.29 is 27.4 Å². The molecule has 5 aromatic rings. The number of nitrogens with one attached hydrogen (secondary N) is 2. The lowest BCUT2D eigenvalue weighted by Gasteiger charge is -2.37. The summed E-state index contributed by atoms with van der Waals surface area (Å²) in [6.45, 7) is 0. The Kier molecular flexibility index (Phi) is 5.54. The Morgan fingerprint density at radius 2 is 1.27 bits per heavy atom.